The standard InChI is InChI=1S/C16H15B2F6NO5S/c1-8(2)25-12-9(5-17)3-4-10(11(12)6-18)13(26)30-14(15(19,20)21,16(22,23)24)7-31(27,28)29/h3-4,25H,1,5-7H2,2H3,(H,27,28,29). The van der Waals surface area contributed by atoms with E-state index in [2.05, 4.69) is 16.6 Å². The molecular weight excluding hydrogens is 454 g/mol. The van der Waals surface area contributed by atoms with Gasteiger partial charge >= 0.3 is 23.9 Å². The highest BCUT2D eigenvalue weighted by Crippen LogP contribution is 2.47. The summed E-state index contributed by atoms with van der Waals surface area (Å²) in [5.41, 5.74) is -5.99. The number of nitrogens with one attached hydrogen (secondary N) is 1. The first-order valence-electron chi connectivity index (χ1n) is 8.19. The Hall–Kier alpha value is -2.15. The van der Waals surface area contributed by atoms with Crippen LogP contribution < -0.4 is 5.32 Å². The summed E-state index contributed by atoms with van der Waals surface area (Å²) < 4.78 is 115. The van der Waals surface area contributed by atoms with Gasteiger partial charge in [0.2, 0.25) is 0 Å². The third-order valence-electron chi connectivity index (χ3n) is 3.95. The molecule has 168 valence electrons. The van der Waals surface area contributed by atoms with E-state index in [0.717, 1.165) is 12.1 Å². The monoisotopic (exact) mass is 469 g/mol. The van der Waals surface area contributed by atoms with Crippen LogP contribution in [0.15, 0.2) is 24.4 Å². The van der Waals surface area contributed by atoms with Gasteiger partial charge in [0.1, 0.15) is 5.75 Å². The Balaban J connectivity index is 3.71. The molecule has 15 heteroatoms. The Kier molecular flexibility index (Phi) is 7.93. The molecule has 0 saturated carbocycles. The fraction of sp³-hybridized carbons (Fsp3) is 0.438. The van der Waals surface area contributed by atoms with Crippen molar-refractivity contribution in [2.24, 2.45) is 0 Å². The molecule has 0 atom stereocenters. The van der Waals surface area contributed by atoms with Crippen LogP contribution in [0.5, 0.6) is 0 Å². The van der Waals surface area contributed by atoms with Crippen molar-refractivity contribution in [3.05, 3.63) is 41.1 Å². The van der Waals surface area contributed by atoms with Gasteiger partial charge in [0.05, 0.1) is 21.3 Å². The minimum absolute atomic E-state index is 0.0198. The largest absolute Gasteiger partial charge is 0.438 e. The van der Waals surface area contributed by atoms with Gasteiger partial charge < -0.3 is 10.1 Å². The molecule has 1 rings (SSSR count). The van der Waals surface area contributed by atoms with Crippen LogP contribution in [0.25, 0.3) is 0 Å². The van der Waals surface area contributed by atoms with Crippen LogP contribution in [0.1, 0.15) is 28.4 Å². The third kappa shape index (κ3) is 5.97. The molecule has 0 fully saturated rings. The molecule has 0 aliphatic carbocycles. The molecule has 4 radical (unpaired) electrons. The molecule has 0 spiro atoms. The predicted octanol–water partition coefficient (Wildman–Crippen LogP) is 2.88. The van der Waals surface area contributed by atoms with Gasteiger partial charge in [0.25, 0.3) is 10.1 Å². The van der Waals surface area contributed by atoms with Crippen LogP contribution in [0.2, 0.25) is 0 Å². The first-order chi connectivity index (χ1) is 13.9. The van der Waals surface area contributed by atoms with Crippen molar-refractivity contribution in [1.82, 2.24) is 0 Å². The number of alkyl halides is 6. The number of allylic oxidation sites excluding steroid dienone is 1. The van der Waals surface area contributed by atoms with Gasteiger partial charge in [0.15, 0.2) is 0 Å². The van der Waals surface area contributed by atoms with E-state index in [1.165, 1.54) is 6.92 Å². The van der Waals surface area contributed by atoms with E-state index in [-0.39, 0.29) is 23.3 Å². The molecule has 6 nitrogen and oxygen atoms in total. The van der Waals surface area contributed by atoms with Gasteiger partial charge in [-0.2, -0.15) is 34.8 Å². The lowest BCUT2D eigenvalue weighted by Crippen LogP contribution is -2.63. The van der Waals surface area contributed by atoms with Crippen LogP contribution in [0.3, 0.4) is 0 Å². The van der Waals surface area contributed by atoms with Crippen molar-refractivity contribution < 1.29 is 48.8 Å². The number of esters is 1. The van der Waals surface area contributed by atoms with Gasteiger partial charge in [-0.1, -0.05) is 25.3 Å². The number of hydrogen-bond acceptors (Lipinski definition) is 5. The molecule has 0 saturated heterocycles. The van der Waals surface area contributed by atoms with Crippen molar-refractivity contribution >= 4 is 37.5 Å². The summed E-state index contributed by atoms with van der Waals surface area (Å²) in [6.07, 6.45) is -13.6. The summed E-state index contributed by atoms with van der Waals surface area (Å²) in [6.45, 7) is 5.01. The number of halogens is 6. The highest BCUT2D eigenvalue weighted by Gasteiger charge is 2.76. The van der Waals surface area contributed by atoms with Crippen LogP contribution in [-0.2, 0) is 27.5 Å². The fourth-order valence-corrected chi connectivity index (χ4v) is 3.48. The first kappa shape index (κ1) is 26.9. The lowest BCUT2D eigenvalue weighted by atomic mass is 9.85. The summed E-state index contributed by atoms with van der Waals surface area (Å²) in [4.78, 5) is 12.4. The molecule has 0 bridgehead atoms. The predicted molar refractivity (Wildman–Crippen MR) is 100 cm³/mol. The quantitative estimate of drug-likeness (QED) is 0.264. The molecule has 0 heterocycles. The molecule has 31 heavy (non-hydrogen) atoms. The van der Waals surface area contributed by atoms with Crippen LogP contribution >= 0.6 is 0 Å². The number of anilines is 1. The van der Waals surface area contributed by atoms with Crippen LogP contribution in [-0.4, -0.2) is 58.3 Å². The number of hydrogen-bond donors (Lipinski definition) is 2. The highest BCUT2D eigenvalue weighted by molar-refractivity contribution is 7.85. The summed E-state index contributed by atoms with van der Waals surface area (Å²) in [6, 6.07) is 1.97. The van der Waals surface area contributed by atoms with Gasteiger partial charge in [-0.05, 0) is 24.1 Å². The molecule has 2 N–H and O–H groups in total. The van der Waals surface area contributed by atoms with Crippen LogP contribution in [0, 0.1) is 0 Å². The van der Waals surface area contributed by atoms with E-state index in [1.54, 1.807) is 0 Å². The van der Waals surface area contributed by atoms with E-state index < -0.39 is 51.7 Å². The topological polar surface area (TPSA) is 92.7 Å². The number of rotatable bonds is 8. The van der Waals surface area contributed by atoms with Gasteiger partial charge in [-0.3, -0.25) is 4.55 Å². The zero-order chi connectivity index (χ0) is 24.4. The summed E-state index contributed by atoms with van der Waals surface area (Å²) >= 11 is 0. The average molecular weight is 469 g/mol. The van der Waals surface area contributed by atoms with Crippen LogP contribution in [0.4, 0.5) is 32.0 Å². The summed E-state index contributed by atoms with van der Waals surface area (Å²) in [5.74, 6) is -5.17. The maximum absolute atomic E-state index is 13.4. The molecule has 1 aromatic carbocycles. The summed E-state index contributed by atoms with van der Waals surface area (Å²) in [7, 11) is 5.16. The molecule has 0 unspecified atom stereocenters. The minimum atomic E-state index is -6.45. The normalized spacial score (nSPS) is 13.0. The molecule has 0 aliphatic rings. The first-order valence-corrected chi connectivity index (χ1v) is 9.80. The Labute approximate surface area is 176 Å². The zero-order valence-corrected chi connectivity index (χ0v) is 16.7. The van der Waals surface area contributed by atoms with Crippen molar-refractivity contribution in [2.45, 2.75) is 37.5 Å². The molecule has 0 aliphatic heterocycles. The Morgan fingerprint density at radius 3 is 2.00 bits per heavy atom. The number of benzene rings is 1. The van der Waals surface area contributed by atoms with E-state index in [9.17, 15) is 39.6 Å². The smallest absolute Gasteiger partial charge is 0.435 e. The second-order valence-corrected chi connectivity index (χ2v) is 7.83. The number of carbonyl (C=O) groups excluding carboxylic acids is 1. The second-order valence-electron chi connectivity index (χ2n) is 6.38. The van der Waals surface area contributed by atoms with E-state index >= 15 is 0 Å². The van der Waals surface area contributed by atoms with E-state index in [0.29, 0.717) is 5.56 Å². The van der Waals surface area contributed by atoms with Gasteiger partial charge in [-0.15, -0.1) is 0 Å². The zero-order valence-electron chi connectivity index (χ0n) is 15.9. The second kappa shape index (κ2) is 9.15. The Morgan fingerprint density at radius 2 is 1.65 bits per heavy atom. The number of ether oxygens (including phenoxy) is 1. The van der Waals surface area contributed by atoms with E-state index in [4.69, 9.17) is 20.2 Å². The third-order valence-corrected chi connectivity index (χ3v) is 4.72. The Morgan fingerprint density at radius 1 is 1.13 bits per heavy atom. The van der Waals surface area contributed by atoms with Crippen molar-refractivity contribution in [3.63, 3.8) is 0 Å². The van der Waals surface area contributed by atoms with Crippen molar-refractivity contribution in [3.8, 4) is 0 Å². The minimum Gasteiger partial charge on any atom is -0.435 e. The van der Waals surface area contributed by atoms with Gasteiger partial charge in [0, 0.05) is 11.4 Å². The Bertz CT molecular complexity index is 948. The lowest BCUT2D eigenvalue weighted by molar-refractivity contribution is -0.356. The van der Waals surface area contributed by atoms with Gasteiger partial charge in [-0.25, -0.2) is 4.79 Å². The maximum atomic E-state index is 13.4. The molecule has 0 aromatic heterocycles. The fourth-order valence-electron chi connectivity index (χ4n) is 2.58. The lowest BCUT2D eigenvalue weighted by Gasteiger charge is -2.35. The molecule has 0 amide bonds. The number of carbonyl (C=O) groups is 1. The van der Waals surface area contributed by atoms with Crippen molar-refractivity contribution in [1.29, 1.82) is 0 Å². The molecular formula is C16H15B2F6NO5S. The van der Waals surface area contributed by atoms with Crippen molar-refractivity contribution in [2.75, 3.05) is 11.1 Å². The maximum Gasteiger partial charge on any atom is 0.438 e. The molecule has 1 aromatic rings. The highest BCUT2D eigenvalue weighted by atomic mass is 32.2. The van der Waals surface area contributed by atoms with E-state index in [1.807, 2.05) is 0 Å². The summed E-state index contributed by atoms with van der Waals surface area (Å²) in [5, 5.41) is 2.66. The SMILES string of the molecule is [B]Cc1ccc(C(=O)OC(CS(=O)(=O)O)(C(F)(F)F)C(F)(F)F)c(C[B])c1NC(=C)C. The average Bonchev–Trinajstić information content (AvgIpc) is 2.56.